The van der Waals surface area contributed by atoms with E-state index in [1.807, 2.05) is 59.6 Å². The SMILES string of the molecule is O=C1NC2(Oc3ccccc3C3CC(c4ccccc4)=NN32)/C(=C/c2ccc(-c3cccc([N+](=O)[O-])c3)o2)S1. The lowest BCUT2D eigenvalue weighted by Crippen LogP contribution is -2.61. The predicted octanol–water partition coefficient (Wildman–Crippen LogP) is 6.55. The van der Waals surface area contributed by atoms with Gasteiger partial charge in [-0.1, -0.05) is 60.7 Å². The maximum Gasteiger partial charge on any atom is 0.314 e. The Kier molecular flexibility index (Phi) is 5.31. The van der Waals surface area contributed by atoms with Gasteiger partial charge in [0.1, 0.15) is 17.3 Å². The second kappa shape index (κ2) is 8.88. The van der Waals surface area contributed by atoms with Crippen molar-refractivity contribution in [3.63, 3.8) is 0 Å². The van der Waals surface area contributed by atoms with Gasteiger partial charge >= 0.3 is 5.85 Å². The highest BCUT2D eigenvalue weighted by molar-refractivity contribution is 8.17. The first-order valence-corrected chi connectivity index (χ1v) is 13.1. The van der Waals surface area contributed by atoms with E-state index >= 15 is 0 Å². The van der Waals surface area contributed by atoms with Crippen LogP contribution in [0.4, 0.5) is 10.5 Å². The molecular formula is C29H20N4O5S. The lowest BCUT2D eigenvalue weighted by Gasteiger charge is -2.44. The summed E-state index contributed by atoms with van der Waals surface area (Å²) in [5.74, 6) is 0.268. The fourth-order valence-corrected chi connectivity index (χ4v) is 6.05. The second-order valence-electron chi connectivity index (χ2n) is 9.29. The molecule has 3 aromatic carbocycles. The van der Waals surface area contributed by atoms with Crippen molar-refractivity contribution in [2.75, 3.05) is 0 Å². The number of ether oxygens (including phenoxy) is 1. The zero-order valence-electron chi connectivity index (χ0n) is 20.3. The first-order valence-electron chi connectivity index (χ1n) is 12.3. The maximum atomic E-state index is 12.9. The van der Waals surface area contributed by atoms with Gasteiger partial charge in [0.15, 0.2) is 0 Å². The Balaban J connectivity index is 1.31. The molecule has 7 rings (SSSR count). The van der Waals surface area contributed by atoms with E-state index in [0.717, 1.165) is 28.6 Å². The number of carbonyl (C=O) groups excluding carboxylic acids is 1. The van der Waals surface area contributed by atoms with Gasteiger partial charge < -0.3 is 9.15 Å². The normalized spacial score (nSPS) is 22.3. The number of amides is 1. The molecule has 9 nitrogen and oxygen atoms in total. The first-order chi connectivity index (χ1) is 19.0. The van der Waals surface area contributed by atoms with Crippen molar-refractivity contribution < 1.29 is 18.9 Å². The number of para-hydroxylation sites is 1. The molecule has 1 N–H and O–H groups in total. The van der Waals surface area contributed by atoms with Crippen LogP contribution in [0.25, 0.3) is 17.4 Å². The van der Waals surface area contributed by atoms with E-state index in [9.17, 15) is 14.9 Å². The number of fused-ring (bicyclic) bond motifs is 4. The van der Waals surface area contributed by atoms with E-state index in [1.165, 1.54) is 12.1 Å². The van der Waals surface area contributed by atoms with Gasteiger partial charge in [0.25, 0.3) is 10.9 Å². The van der Waals surface area contributed by atoms with Crippen molar-refractivity contribution in [1.82, 2.24) is 10.3 Å². The summed E-state index contributed by atoms with van der Waals surface area (Å²) >= 11 is 1.02. The van der Waals surface area contributed by atoms with Crippen LogP contribution in [0.3, 0.4) is 0 Å². The smallest absolute Gasteiger partial charge is 0.314 e. The highest BCUT2D eigenvalue weighted by atomic mass is 32.2. The molecule has 39 heavy (non-hydrogen) atoms. The van der Waals surface area contributed by atoms with Gasteiger partial charge in [-0.3, -0.25) is 20.2 Å². The first kappa shape index (κ1) is 23.3. The quantitative estimate of drug-likeness (QED) is 0.233. The maximum absolute atomic E-state index is 12.9. The van der Waals surface area contributed by atoms with Crippen molar-refractivity contribution in [2.45, 2.75) is 18.3 Å². The van der Waals surface area contributed by atoms with Crippen molar-refractivity contribution in [3.05, 3.63) is 123 Å². The minimum Gasteiger partial charge on any atom is -0.457 e. The van der Waals surface area contributed by atoms with Crippen molar-refractivity contribution in [3.8, 4) is 17.1 Å². The minimum atomic E-state index is -1.35. The highest BCUT2D eigenvalue weighted by Gasteiger charge is 2.58. The zero-order chi connectivity index (χ0) is 26.6. The molecule has 192 valence electrons. The number of nitrogens with one attached hydrogen (secondary N) is 1. The van der Waals surface area contributed by atoms with Crippen molar-refractivity contribution in [1.29, 1.82) is 0 Å². The number of thioether (sulfide) groups is 1. The summed E-state index contributed by atoms with van der Waals surface area (Å²) in [6, 6.07) is 27.4. The summed E-state index contributed by atoms with van der Waals surface area (Å²) in [6.07, 6.45) is 2.40. The Morgan fingerprint density at radius 2 is 1.82 bits per heavy atom. The van der Waals surface area contributed by atoms with Gasteiger partial charge in [0.05, 0.1) is 21.6 Å². The molecule has 10 heteroatoms. The summed E-state index contributed by atoms with van der Waals surface area (Å²) < 4.78 is 12.6. The third kappa shape index (κ3) is 3.88. The fourth-order valence-electron chi connectivity index (χ4n) is 5.16. The molecule has 1 saturated heterocycles. The Bertz CT molecular complexity index is 1700. The number of rotatable bonds is 4. The van der Waals surface area contributed by atoms with Gasteiger partial charge in [0.2, 0.25) is 0 Å². The van der Waals surface area contributed by atoms with Crippen LogP contribution in [0.1, 0.15) is 29.3 Å². The Hall–Kier alpha value is -4.83. The molecule has 2 unspecified atom stereocenters. The summed E-state index contributed by atoms with van der Waals surface area (Å²) in [6.45, 7) is 0. The van der Waals surface area contributed by atoms with Gasteiger partial charge in [-0.2, -0.15) is 5.10 Å². The number of hydrogen-bond donors (Lipinski definition) is 1. The van der Waals surface area contributed by atoms with Crippen LogP contribution in [0.15, 0.2) is 105 Å². The zero-order valence-corrected chi connectivity index (χ0v) is 21.1. The van der Waals surface area contributed by atoms with E-state index in [1.54, 1.807) is 30.3 Å². The molecule has 1 aromatic heterocycles. The van der Waals surface area contributed by atoms with Crippen LogP contribution >= 0.6 is 11.8 Å². The number of hydrogen-bond acceptors (Lipinski definition) is 8. The van der Waals surface area contributed by atoms with Crippen LogP contribution in [-0.4, -0.2) is 26.7 Å². The minimum absolute atomic E-state index is 0.0228. The molecule has 0 bridgehead atoms. The van der Waals surface area contributed by atoms with E-state index < -0.39 is 10.8 Å². The molecule has 2 atom stereocenters. The molecule has 4 aromatic rings. The predicted molar refractivity (Wildman–Crippen MR) is 147 cm³/mol. The van der Waals surface area contributed by atoms with E-state index in [2.05, 4.69) is 5.32 Å². The van der Waals surface area contributed by atoms with Crippen LogP contribution in [0.2, 0.25) is 0 Å². The lowest BCUT2D eigenvalue weighted by molar-refractivity contribution is -0.384. The molecule has 0 radical (unpaired) electrons. The molecule has 1 spiro atoms. The summed E-state index contributed by atoms with van der Waals surface area (Å²) in [7, 11) is 0. The largest absolute Gasteiger partial charge is 0.457 e. The molecule has 0 aliphatic carbocycles. The van der Waals surface area contributed by atoms with Gasteiger partial charge in [-0.15, -0.1) is 0 Å². The molecule has 1 fully saturated rings. The molecular weight excluding hydrogens is 516 g/mol. The number of nitro groups is 1. The van der Waals surface area contributed by atoms with Gasteiger partial charge in [-0.25, -0.2) is 5.01 Å². The Morgan fingerprint density at radius 3 is 2.67 bits per heavy atom. The Labute approximate surface area is 226 Å². The average Bonchev–Trinajstić information content (AvgIpc) is 3.68. The lowest BCUT2D eigenvalue weighted by atomic mass is 9.96. The molecule has 4 heterocycles. The third-order valence-electron chi connectivity index (χ3n) is 6.93. The summed E-state index contributed by atoms with van der Waals surface area (Å²) in [4.78, 5) is 24.2. The van der Waals surface area contributed by atoms with Gasteiger partial charge in [-0.05, 0) is 41.6 Å². The van der Waals surface area contributed by atoms with Crippen molar-refractivity contribution in [2.24, 2.45) is 5.10 Å². The Morgan fingerprint density at radius 1 is 1.03 bits per heavy atom. The number of nitro benzene ring substituents is 1. The number of nitrogens with zero attached hydrogens (tertiary/aromatic N) is 3. The van der Waals surface area contributed by atoms with Gasteiger partial charge in [0, 0.05) is 29.7 Å². The molecule has 3 aliphatic heterocycles. The number of hydrazone groups is 1. The van der Waals surface area contributed by atoms with Crippen LogP contribution in [0.5, 0.6) is 5.75 Å². The average molecular weight is 537 g/mol. The number of furan rings is 1. The third-order valence-corrected chi connectivity index (χ3v) is 7.83. The van der Waals surface area contributed by atoms with Crippen LogP contribution < -0.4 is 10.1 Å². The number of benzene rings is 3. The summed E-state index contributed by atoms with van der Waals surface area (Å²) in [5, 5.41) is 20.8. The molecule has 3 aliphatic rings. The summed E-state index contributed by atoms with van der Waals surface area (Å²) in [5.41, 5.74) is 3.46. The molecule has 1 amide bonds. The standard InChI is InChI=1S/C29H20N4O5S/c34-28-30-29(27(39-28)16-21-13-14-25(37-21)19-9-6-10-20(15-19)33(35)36)32-24(22-11-4-5-12-26(22)38-29)17-23(31-32)18-7-2-1-3-8-18/h1-16,24H,17H2,(H,30,34)/b27-16-. The van der Waals surface area contributed by atoms with Crippen molar-refractivity contribution >= 4 is 34.5 Å². The monoisotopic (exact) mass is 536 g/mol. The van der Waals surface area contributed by atoms with Crippen LogP contribution in [-0.2, 0) is 0 Å². The van der Waals surface area contributed by atoms with Crippen LogP contribution in [0, 0.1) is 10.1 Å². The highest BCUT2D eigenvalue weighted by Crippen LogP contribution is 2.52. The number of non-ortho nitro benzene ring substituents is 1. The fraction of sp³-hybridized carbons (Fsp3) is 0.103. The van der Waals surface area contributed by atoms with E-state index in [0.29, 0.717) is 34.2 Å². The molecule has 0 saturated carbocycles. The second-order valence-corrected chi connectivity index (χ2v) is 10.3. The van der Waals surface area contributed by atoms with E-state index in [4.69, 9.17) is 14.3 Å². The number of carbonyl (C=O) groups is 1. The topological polar surface area (TPSA) is 110 Å². The van der Waals surface area contributed by atoms with E-state index in [-0.39, 0.29) is 17.0 Å².